The molecule has 0 saturated carbocycles. The third-order valence-corrected chi connectivity index (χ3v) is 10.5. The number of pyridine rings is 6. The minimum atomic E-state index is -0.292. The van der Waals surface area contributed by atoms with Gasteiger partial charge in [-0.1, -0.05) is 13.8 Å². The second-order valence-corrected chi connectivity index (χ2v) is 14.7. The number of aromatic amines is 4. The molecule has 0 radical (unpaired) electrons. The predicted octanol–water partition coefficient (Wildman–Crippen LogP) is 10.9. The van der Waals surface area contributed by atoms with Crippen molar-refractivity contribution in [3.8, 4) is 68.1 Å². The molecule has 0 saturated heterocycles. The van der Waals surface area contributed by atoms with E-state index in [4.69, 9.17) is 9.97 Å². The van der Waals surface area contributed by atoms with Crippen molar-refractivity contribution in [2.75, 3.05) is 0 Å². The molecule has 0 aliphatic rings. The van der Waals surface area contributed by atoms with Crippen LogP contribution in [0.5, 0.6) is 0 Å². The van der Waals surface area contributed by atoms with Crippen LogP contribution in [0.2, 0.25) is 0 Å². The first-order chi connectivity index (χ1) is 31.9. The Morgan fingerprint density at radius 2 is 0.923 bits per heavy atom. The van der Waals surface area contributed by atoms with Crippen molar-refractivity contribution in [1.82, 2.24) is 70.2 Å². The van der Waals surface area contributed by atoms with E-state index in [1.807, 2.05) is 69.4 Å². The largest absolute Gasteiger partial charge is 0.336 e. The maximum atomic E-state index is 13.4. The van der Waals surface area contributed by atoms with E-state index in [2.05, 4.69) is 60.3 Å². The summed E-state index contributed by atoms with van der Waals surface area (Å²) in [6.45, 7) is 6.00. The van der Waals surface area contributed by atoms with E-state index in [9.17, 15) is 8.78 Å². The summed E-state index contributed by atoms with van der Waals surface area (Å²) >= 11 is 0. The smallest absolute Gasteiger partial charge is 0.159 e. The molecule has 0 fully saturated rings. The highest BCUT2D eigenvalue weighted by molar-refractivity contribution is 5.98. The van der Waals surface area contributed by atoms with Gasteiger partial charge >= 0.3 is 0 Å². The molecule has 0 spiro atoms. The molecule has 0 amide bonds. The van der Waals surface area contributed by atoms with Crippen LogP contribution < -0.4 is 0 Å². The minimum absolute atomic E-state index is 0.291. The molecule has 16 heteroatoms. The third kappa shape index (κ3) is 7.80. The van der Waals surface area contributed by atoms with Crippen LogP contribution in [0, 0.1) is 18.6 Å². The summed E-state index contributed by atoms with van der Waals surface area (Å²) in [4.78, 5) is 42.6. The number of halogens is 2. The van der Waals surface area contributed by atoms with Gasteiger partial charge in [0.15, 0.2) is 11.6 Å². The van der Waals surface area contributed by atoms with Crippen LogP contribution in [-0.4, -0.2) is 70.2 Å². The number of imidazole rings is 2. The van der Waals surface area contributed by atoms with E-state index < -0.39 is 0 Å². The zero-order chi connectivity index (χ0) is 44.4. The van der Waals surface area contributed by atoms with E-state index in [-0.39, 0.29) is 11.6 Å². The molecular formula is C49H36F2N14. The normalized spacial score (nSPS) is 11.2. The summed E-state index contributed by atoms with van der Waals surface area (Å²) in [6, 6.07) is 26.0. The maximum Gasteiger partial charge on any atom is 0.159 e. The molecule has 0 unspecified atom stereocenters. The van der Waals surface area contributed by atoms with Crippen molar-refractivity contribution in [1.29, 1.82) is 0 Å². The highest BCUT2D eigenvalue weighted by Crippen LogP contribution is 2.34. The fourth-order valence-corrected chi connectivity index (χ4v) is 7.46. The lowest BCUT2D eigenvalue weighted by Crippen LogP contribution is -1.87. The summed E-state index contributed by atoms with van der Waals surface area (Å²) in [5.41, 5.74) is 13.6. The number of aryl methyl sites for hydroxylation is 1. The van der Waals surface area contributed by atoms with Crippen LogP contribution >= 0.6 is 0 Å². The van der Waals surface area contributed by atoms with Crippen LogP contribution in [0.4, 0.5) is 8.78 Å². The first kappa shape index (κ1) is 40.2. The Morgan fingerprint density at radius 3 is 1.42 bits per heavy atom. The van der Waals surface area contributed by atoms with Gasteiger partial charge in [0.25, 0.3) is 0 Å². The molecule has 10 aromatic heterocycles. The highest BCUT2D eigenvalue weighted by Gasteiger charge is 2.19. The molecule has 10 heterocycles. The van der Waals surface area contributed by atoms with Gasteiger partial charge in [0.2, 0.25) is 0 Å². The topological polar surface area (TPSA) is 192 Å². The molecule has 12 rings (SSSR count). The van der Waals surface area contributed by atoms with E-state index in [1.54, 1.807) is 67.6 Å². The van der Waals surface area contributed by atoms with Crippen molar-refractivity contribution in [3.63, 3.8) is 0 Å². The highest BCUT2D eigenvalue weighted by atomic mass is 19.1. The molecule has 14 nitrogen and oxygen atoms in total. The molecule has 316 valence electrons. The number of rotatable bonds is 6. The molecule has 12 aromatic rings. The molecule has 0 bridgehead atoms. The molecule has 4 N–H and O–H groups in total. The number of H-pyrrole nitrogens is 4. The number of fused-ring (bicyclic) bond motifs is 4. The average Bonchev–Trinajstić information content (AvgIpc) is 4.17. The summed E-state index contributed by atoms with van der Waals surface area (Å²) in [5, 5.41) is 16.8. The van der Waals surface area contributed by atoms with Crippen molar-refractivity contribution < 1.29 is 8.78 Å². The van der Waals surface area contributed by atoms with E-state index >= 15 is 0 Å². The molecule has 0 aliphatic carbocycles. The lowest BCUT2D eigenvalue weighted by Gasteiger charge is -2.02. The van der Waals surface area contributed by atoms with Crippen molar-refractivity contribution in [2.45, 2.75) is 20.8 Å². The molecule has 0 atom stereocenters. The molecular weight excluding hydrogens is 823 g/mol. The van der Waals surface area contributed by atoms with Gasteiger partial charge in [-0.3, -0.25) is 40.1 Å². The number of nitrogens with one attached hydrogen (secondary N) is 4. The Kier molecular flexibility index (Phi) is 10.6. The quantitative estimate of drug-likeness (QED) is 0.125. The standard InChI is InChI=1S/C24H16FN7.C23H14FN7.C2H6/c1-13-8-15(11-26-10-13)19-9-17-20(12-28-19)31-32-22(17)24-29-18-6-7-27-21(23(18)30-24)14-2-4-16(25)5-3-14;24-15-3-1-14(2-4-15)20-22-17(7-10-26-20)28-23(29-22)21-16-11-18(13-5-8-25-9-6-13)27-12-19(16)30-31-21;1-2/h2-12H,1H3,(H,29,30)(H,31,32);1-12H,(H,28,29)(H,30,31);1-2H3. The van der Waals surface area contributed by atoms with Crippen molar-refractivity contribution in [3.05, 3.63) is 158 Å². The predicted molar refractivity (Wildman–Crippen MR) is 247 cm³/mol. The maximum absolute atomic E-state index is 13.4. The van der Waals surface area contributed by atoms with Gasteiger partial charge in [-0.05, 0) is 103 Å². The number of benzene rings is 2. The fraction of sp³-hybridized carbons (Fsp3) is 0.0612. The first-order valence-electron chi connectivity index (χ1n) is 20.6. The van der Waals surface area contributed by atoms with Crippen LogP contribution in [-0.2, 0) is 0 Å². The Balaban J connectivity index is 0.000000148. The first-order valence-corrected chi connectivity index (χ1v) is 20.6. The van der Waals surface area contributed by atoms with E-state index in [1.165, 1.54) is 24.3 Å². The third-order valence-electron chi connectivity index (χ3n) is 10.5. The van der Waals surface area contributed by atoms with Gasteiger partial charge < -0.3 is 9.97 Å². The monoisotopic (exact) mass is 858 g/mol. The Labute approximate surface area is 368 Å². The Morgan fingerprint density at radius 1 is 0.431 bits per heavy atom. The number of hydrogen-bond donors (Lipinski definition) is 4. The zero-order valence-electron chi connectivity index (χ0n) is 35.0. The number of aromatic nitrogens is 14. The van der Waals surface area contributed by atoms with Gasteiger partial charge in [0.05, 0.1) is 57.2 Å². The lowest BCUT2D eigenvalue weighted by atomic mass is 10.1. The molecule has 2 aromatic carbocycles. The molecule has 0 aliphatic heterocycles. The van der Waals surface area contributed by atoms with Crippen molar-refractivity contribution in [2.24, 2.45) is 0 Å². The number of hydrogen-bond acceptors (Lipinski definition) is 10. The molecule has 65 heavy (non-hydrogen) atoms. The summed E-state index contributed by atoms with van der Waals surface area (Å²) in [6.07, 6.45) is 14.0. The van der Waals surface area contributed by atoms with Crippen LogP contribution in [0.25, 0.3) is 112 Å². The second kappa shape index (κ2) is 17.1. The lowest BCUT2D eigenvalue weighted by molar-refractivity contribution is 0.627. The fourth-order valence-electron chi connectivity index (χ4n) is 7.46. The van der Waals surface area contributed by atoms with Crippen LogP contribution in [0.15, 0.2) is 141 Å². The van der Waals surface area contributed by atoms with Crippen molar-refractivity contribution >= 4 is 43.9 Å². The summed E-state index contributed by atoms with van der Waals surface area (Å²) in [7, 11) is 0. The van der Waals surface area contributed by atoms with Gasteiger partial charge in [-0.2, -0.15) is 10.2 Å². The summed E-state index contributed by atoms with van der Waals surface area (Å²) < 4.78 is 26.7. The minimum Gasteiger partial charge on any atom is -0.336 e. The van der Waals surface area contributed by atoms with Crippen LogP contribution in [0.3, 0.4) is 0 Å². The SMILES string of the molecule is CC.Cc1cncc(-c2cc3c(-c4nc5c(-c6ccc(F)cc6)nccc5[nH]4)n[nH]c3cn2)c1.Fc1ccc(-c2nccc3[nH]c(-c4n[nH]c5cnc(-c6ccncc6)cc45)nc23)cc1. The van der Waals surface area contributed by atoms with E-state index in [0.717, 1.165) is 72.0 Å². The number of nitrogens with zero attached hydrogens (tertiary/aromatic N) is 10. The van der Waals surface area contributed by atoms with Gasteiger partial charge in [0, 0.05) is 70.2 Å². The van der Waals surface area contributed by atoms with Gasteiger partial charge in [0.1, 0.15) is 34.1 Å². The zero-order valence-corrected chi connectivity index (χ0v) is 35.0. The van der Waals surface area contributed by atoms with Gasteiger partial charge in [-0.15, -0.1) is 0 Å². The van der Waals surface area contributed by atoms with E-state index in [0.29, 0.717) is 45.5 Å². The Hall–Kier alpha value is -8.92. The average molecular weight is 859 g/mol. The Bertz CT molecular complexity index is 3620. The van der Waals surface area contributed by atoms with Gasteiger partial charge in [-0.25, -0.2) is 18.7 Å². The van der Waals surface area contributed by atoms with Crippen LogP contribution in [0.1, 0.15) is 19.4 Å². The summed E-state index contributed by atoms with van der Waals surface area (Å²) in [5.74, 6) is 0.645. The second-order valence-electron chi connectivity index (χ2n) is 14.7.